The van der Waals surface area contributed by atoms with Crippen LogP contribution in [-0.4, -0.2) is 24.0 Å². The molecule has 0 aliphatic carbocycles. The summed E-state index contributed by atoms with van der Waals surface area (Å²) in [5.74, 6) is -0.778. The van der Waals surface area contributed by atoms with Crippen LogP contribution in [0.25, 0.3) is 0 Å². The molecule has 1 aromatic heterocycles. The second kappa shape index (κ2) is 9.01. The molecule has 0 saturated carbocycles. The van der Waals surface area contributed by atoms with Gasteiger partial charge in [-0.1, -0.05) is 23.7 Å². The molecule has 1 amide bonds. The molecular weight excluding hydrogens is 378 g/mol. The number of esters is 1. The molecule has 0 aliphatic rings. The van der Waals surface area contributed by atoms with Crippen molar-refractivity contribution in [3.63, 3.8) is 0 Å². The van der Waals surface area contributed by atoms with Gasteiger partial charge in [0.25, 0.3) is 5.91 Å². The average molecular weight is 396 g/mol. The zero-order valence-electron chi connectivity index (χ0n) is 15.1. The minimum Gasteiger partial charge on any atom is -0.465 e. The Hall–Kier alpha value is -3.38. The Morgan fingerprint density at radius 3 is 2.39 bits per heavy atom. The molecule has 28 heavy (non-hydrogen) atoms. The summed E-state index contributed by atoms with van der Waals surface area (Å²) < 4.78 is 4.65. The van der Waals surface area contributed by atoms with E-state index in [9.17, 15) is 9.59 Å². The van der Waals surface area contributed by atoms with Crippen molar-refractivity contribution in [1.29, 1.82) is 0 Å². The molecule has 142 valence electrons. The highest BCUT2D eigenvalue weighted by Crippen LogP contribution is 2.15. The van der Waals surface area contributed by atoms with Crippen molar-refractivity contribution in [1.82, 2.24) is 4.98 Å². The first kappa shape index (κ1) is 19.4. The summed E-state index contributed by atoms with van der Waals surface area (Å²) in [7, 11) is 1.32. The number of carbonyl (C=O) groups excluding carboxylic acids is 2. The van der Waals surface area contributed by atoms with Gasteiger partial charge >= 0.3 is 5.97 Å². The lowest BCUT2D eigenvalue weighted by atomic mass is 10.2. The zero-order chi connectivity index (χ0) is 19.9. The van der Waals surface area contributed by atoms with Crippen molar-refractivity contribution in [3.05, 3.63) is 88.7 Å². The van der Waals surface area contributed by atoms with E-state index in [0.717, 1.165) is 11.3 Å². The maximum Gasteiger partial charge on any atom is 0.337 e. The largest absolute Gasteiger partial charge is 0.465 e. The van der Waals surface area contributed by atoms with E-state index in [2.05, 4.69) is 20.4 Å². The summed E-state index contributed by atoms with van der Waals surface area (Å²) in [4.78, 5) is 28.0. The van der Waals surface area contributed by atoms with Crippen LogP contribution in [0.4, 0.5) is 11.4 Å². The molecule has 2 aromatic carbocycles. The number of anilines is 2. The predicted molar refractivity (Wildman–Crippen MR) is 109 cm³/mol. The van der Waals surface area contributed by atoms with Gasteiger partial charge in [0.05, 0.1) is 12.7 Å². The van der Waals surface area contributed by atoms with Gasteiger partial charge in [-0.2, -0.15) is 0 Å². The van der Waals surface area contributed by atoms with Crippen LogP contribution in [0.3, 0.4) is 0 Å². The Morgan fingerprint density at radius 2 is 1.71 bits per heavy atom. The second-order valence-electron chi connectivity index (χ2n) is 5.93. The van der Waals surface area contributed by atoms with E-state index in [0.29, 0.717) is 22.8 Å². The van der Waals surface area contributed by atoms with E-state index in [1.807, 2.05) is 24.3 Å². The van der Waals surface area contributed by atoms with Crippen molar-refractivity contribution in [2.75, 3.05) is 17.7 Å². The summed E-state index contributed by atoms with van der Waals surface area (Å²) >= 11 is 5.89. The maximum atomic E-state index is 12.4. The fourth-order valence-corrected chi connectivity index (χ4v) is 2.60. The lowest BCUT2D eigenvalue weighted by Crippen LogP contribution is -2.14. The molecule has 1 heterocycles. The van der Waals surface area contributed by atoms with E-state index in [1.165, 1.54) is 7.11 Å². The molecule has 2 N–H and O–H groups in total. The van der Waals surface area contributed by atoms with Crippen LogP contribution >= 0.6 is 11.6 Å². The molecule has 0 bridgehead atoms. The molecule has 0 atom stereocenters. The summed E-state index contributed by atoms with van der Waals surface area (Å²) in [5.41, 5.74) is 3.08. The van der Waals surface area contributed by atoms with Gasteiger partial charge in [-0.05, 0) is 54.1 Å². The monoisotopic (exact) mass is 395 g/mol. The number of hydrogen-bond donors (Lipinski definition) is 2. The summed E-state index contributed by atoms with van der Waals surface area (Å²) in [6.45, 7) is 0.594. The van der Waals surface area contributed by atoms with Crippen molar-refractivity contribution in [2.24, 2.45) is 0 Å². The van der Waals surface area contributed by atoms with Gasteiger partial charge in [0.2, 0.25) is 0 Å². The first-order valence-electron chi connectivity index (χ1n) is 8.49. The number of methoxy groups -OCH3 is 1. The second-order valence-corrected chi connectivity index (χ2v) is 6.37. The number of rotatable bonds is 6. The summed E-state index contributed by atoms with van der Waals surface area (Å²) in [6, 6.07) is 17.4. The maximum absolute atomic E-state index is 12.4. The van der Waals surface area contributed by atoms with Crippen molar-refractivity contribution < 1.29 is 14.3 Å². The van der Waals surface area contributed by atoms with E-state index in [1.54, 1.807) is 42.6 Å². The normalized spacial score (nSPS) is 10.2. The van der Waals surface area contributed by atoms with Crippen LogP contribution in [-0.2, 0) is 11.3 Å². The van der Waals surface area contributed by atoms with Crippen LogP contribution in [0, 0.1) is 0 Å². The van der Waals surface area contributed by atoms with Crippen molar-refractivity contribution in [3.8, 4) is 0 Å². The number of amides is 1. The van der Waals surface area contributed by atoms with Crippen LogP contribution in [0.5, 0.6) is 0 Å². The Labute approximate surface area is 167 Å². The van der Waals surface area contributed by atoms with Gasteiger partial charge in [0.1, 0.15) is 5.69 Å². The third-order valence-electron chi connectivity index (χ3n) is 3.97. The number of pyridine rings is 1. The number of ether oxygens (including phenoxy) is 1. The highest BCUT2D eigenvalue weighted by Gasteiger charge is 2.10. The molecule has 7 heteroatoms. The van der Waals surface area contributed by atoms with Crippen molar-refractivity contribution >= 4 is 34.9 Å². The van der Waals surface area contributed by atoms with E-state index in [4.69, 9.17) is 11.6 Å². The molecule has 6 nitrogen and oxygen atoms in total. The molecule has 0 fully saturated rings. The van der Waals surface area contributed by atoms with Crippen LogP contribution in [0.15, 0.2) is 66.9 Å². The Morgan fingerprint density at radius 1 is 1.00 bits per heavy atom. The summed E-state index contributed by atoms with van der Waals surface area (Å²) in [6.07, 6.45) is 1.57. The molecule has 0 aliphatic heterocycles. The highest BCUT2D eigenvalue weighted by molar-refractivity contribution is 6.30. The average Bonchev–Trinajstić information content (AvgIpc) is 2.73. The standard InChI is InChI=1S/C21H18ClN3O3/c1-28-21(27)15-4-8-17(9-5-15)25-20(26)19-12-18(10-11-23-19)24-13-14-2-6-16(22)7-3-14/h2-12H,13H2,1H3,(H,23,24)(H,25,26). The number of nitrogens with one attached hydrogen (secondary N) is 2. The lowest BCUT2D eigenvalue weighted by Gasteiger charge is -2.09. The summed E-state index contributed by atoms with van der Waals surface area (Å²) in [5, 5.41) is 6.69. The van der Waals surface area contributed by atoms with Gasteiger partial charge < -0.3 is 15.4 Å². The number of halogens is 1. The molecule has 0 radical (unpaired) electrons. The highest BCUT2D eigenvalue weighted by atomic mass is 35.5. The van der Waals surface area contributed by atoms with Gasteiger partial charge in [-0.25, -0.2) is 4.79 Å². The third-order valence-corrected chi connectivity index (χ3v) is 4.22. The quantitative estimate of drug-likeness (QED) is 0.605. The lowest BCUT2D eigenvalue weighted by molar-refractivity contribution is 0.0600. The van der Waals surface area contributed by atoms with Crippen LogP contribution in [0.2, 0.25) is 5.02 Å². The van der Waals surface area contributed by atoms with Crippen LogP contribution in [0.1, 0.15) is 26.4 Å². The van der Waals surface area contributed by atoms with Gasteiger partial charge in [0.15, 0.2) is 0 Å². The van der Waals surface area contributed by atoms with E-state index >= 15 is 0 Å². The minimum atomic E-state index is -0.431. The first-order chi connectivity index (χ1) is 13.5. The molecular formula is C21H18ClN3O3. The smallest absolute Gasteiger partial charge is 0.337 e. The van der Waals surface area contributed by atoms with Gasteiger partial charge in [0, 0.05) is 29.1 Å². The van der Waals surface area contributed by atoms with E-state index < -0.39 is 5.97 Å². The number of nitrogens with zero attached hydrogens (tertiary/aromatic N) is 1. The Bertz CT molecular complexity index is 973. The predicted octanol–water partition coefficient (Wildman–Crippen LogP) is 4.39. The Balaban J connectivity index is 1.63. The number of carbonyl (C=O) groups is 2. The minimum absolute atomic E-state index is 0.276. The Kier molecular flexibility index (Phi) is 6.24. The van der Waals surface area contributed by atoms with Gasteiger partial charge in [-0.15, -0.1) is 0 Å². The number of hydrogen-bond acceptors (Lipinski definition) is 5. The molecule has 0 saturated heterocycles. The van der Waals surface area contributed by atoms with E-state index in [-0.39, 0.29) is 11.6 Å². The molecule has 3 aromatic rings. The number of aromatic nitrogens is 1. The first-order valence-corrected chi connectivity index (χ1v) is 8.87. The van der Waals surface area contributed by atoms with Gasteiger partial charge in [-0.3, -0.25) is 9.78 Å². The third kappa shape index (κ3) is 5.08. The fourth-order valence-electron chi connectivity index (χ4n) is 2.47. The topological polar surface area (TPSA) is 80.3 Å². The SMILES string of the molecule is COC(=O)c1ccc(NC(=O)c2cc(NCc3ccc(Cl)cc3)ccn2)cc1. The van der Waals surface area contributed by atoms with Crippen LogP contribution < -0.4 is 10.6 Å². The zero-order valence-corrected chi connectivity index (χ0v) is 15.9. The fraction of sp³-hybridized carbons (Fsp3) is 0.0952. The molecule has 0 unspecified atom stereocenters. The molecule has 0 spiro atoms. The number of benzene rings is 2. The molecule has 3 rings (SSSR count). The van der Waals surface area contributed by atoms with Crippen molar-refractivity contribution in [2.45, 2.75) is 6.54 Å².